The average Bonchev–Trinajstić information content (AvgIpc) is 3.32. The Bertz CT molecular complexity index is 1820. The van der Waals surface area contributed by atoms with E-state index in [-0.39, 0.29) is 30.1 Å². The van der Waals surface area contributed by atoms with Gasteiger partial charge in [0, 0.05) is 25.3 Å². The molecule has 0 spiro atoms. The number of carbonyl (C=O) groups is 2. The first-order chi connectivity index (χ1) is 22.5. The van der Waals surface area contributed by atoms with Gasteiger partial charge < -0.3 is 4.74 Å². The maximum absolute atomic E-state index is 14.8. The first-order valence-electron chi connectivity index (χ1n) is 16.0. The van der Waals surface area contributed by atoms with Crippen molar-refractivity contribution in [3.8, 4) is 6.07 Å². The lowest BCUT2D eigenvalue weighted by molar-refractivity contribution is -0.153. The molecule has 47 heavy (non-hydrogen) atoms. The molecule has 242 valence electrons. The van der Waals surface area contributed by atoms with Crippen LogP contribution in [0.25, 0.3) is 0 Å². The molecule has 0 bridgehead atoms. The van der Waals surface area contributed by atoms with Crippen LogP contribution in [0.4, 0.5) is 0 Å². The van der Waals surface area contributed by atoms with E-state index in [1.54, 1.807) is 0 Å². The van der Waals surface area contributed by atoms with Crippen molar-refractivity contribution in [3.05, 3.63) is 137 Å². The van der Waals surface area contributed by atoms with Gasteiger partial charge in [0.2, 0.25) is 10.0 Å². The van der Waals surface area contributed by atoms with Crippen LogP contribution in [0.5, 0.6) is 0 Å². The number of rotatable bonds is 13. The van der Waals surface area contributed by atoms with Crippen molar-refractivity contribution >= 4 is 21.8 Å². The second-order valence-electron chi connectivity index (χ2n) is 12.6. The number of carbonyl (C=O) groups excluding carboxylic acids is 2. The minimum atomic E-state index is -3.85. The first kappa shape index (κ1) is 33.8. The lowest BCUT2D eigenvalue weighted by atomic mass is 9.62. The Hall–Kier alpha value is -4.58. The van der Waals surface area contributed by atoms with Crippen molar-refractivity contribution in [1.82, 2.24) is 4.72 Å². The summed E-state index contributed by atoms with van der Waals surface area (Å²) < 4.78 is 35.0. The number of benzene rings is 4. The number of ketones is 1. The maximum Gasteiger partial charge on any atom is 0.318 e. The van der Waals surface area contributed by atoms with Gasteiger partial charge >= 0.3 is 5.97 Å². The lowest BCUT2D eigenvalue weighted by Gasteiger charge is -2.39. The fourth-order valence-electron chi connectivity index (χ4n) is 6.70. The van der Waals surface area contributed by atoms with Gasteiger partial charge in [-0.1, -0.05) is 119 Å². The first-order valence-corrected chi connectivity index (χ1v) is 17.5. The molecule has 1 fully saturated rings. The van der Waals surface area contributed by atoms with Crippen LogP contribution < -0.4 is 4.72 Å². The zero-order valence-electron chi connectivity index (χ0n) is 27.0. The fourth-order valence-corrected chi connectivity index (χ4v) is 7.72. The van der Waals surface area contributed by atoms with E-state index in [4.69, 9.17) is 10.00 Å². The van der Waals surface area contributed by atoms with Crippen molar-refractivity contribution in [1.29, 1.82) is 5.26 Å². The second kappa shape index (κ2) is 14.0. The fraction of sp³-hybridized carbons (Fsp3) is 0.308. The number of hydrogen-bond acceptors (Lipinski definition) is 6. The number of nitrogens with one attached hydrogen (secondary N) is 1. The average molecular weight is 649 g/mol. The molecule has 5 rings (SSSR count). The normalized spacial score (nSPS) is 16.8. The van der Waals surface area contributed by atoms with Gasteiger partial charge in [0.1, 0.15) is 5.92 Å². The molecule has 0 amide bonds. The predicted molar refractivity (Wildman–Crippen MR) is 181 cm³/mol. The number of hydrogen-bond donors (Lipinski definition) is 1. The van der Waals surface area contributed by atoms with Crippen LogP contribution in [0.15, 0.2) is 114 Å². The zero-order chi connectivity index (χ0) is 33.7. The quantitative estimate of drug-likeness (QED) is 0.125. The van der Waals surface area contributed by atoms with Crippen LogP contribution in [0, 0.1) is 22.7 Å². The molecule has 1 N–H and O–H groups in total. The van der Waals surface area contributed by atoms with Gasteiger partial charge in [-0.05, 0) is 51.9 Å². The van der Waals surface area contributed by atoms with E-state index in [1.807, 2.05) is 91.0 Å². The zero-order valence-corrected chi connectivity index (χ0v) is 27.8. The number of esters is 1. The highest BCUT2D eigenvalue weighted by molar-refractivity contribution is 7.89. The van der Waals surface area contributed by atoms with Crippen molar-refractivity contribution in [3.63, 3.8) is 0 Å². The van der Waals surface area contributed by atoms with Crippen LogP contribution in [-0.4, -0.2) is 25.8 Å². The van der Waals surface area contributed by atoms with E-state index in [9.17, 15) is 18.0 Å². The summed E-state index contributed by atoms with van der Waals surface area (Å²) in [4.78, 5) is 28.9. The molecule has 0 aromatic heterocycles. The largest absolute Gasteiger partial charge is 0.450 e. The molecule has 1 aliphatic rings. The van der Waals surface area contributed by atoms with Gasteiger partial charge in [0.05, 0.1) is 16.5 Å². The molecule has 4 aromatic carbocycles. The van der Waals surface area contributed by atoms with Crippen molar-refractivity contribution in [2.75, 3.05) is 0 Å². The molecule has 0 saturated carbocycles. The molecule has 2 unspecified atom stereocenters. The van der Waals surface area contributed by atoms with Crippen molar-refractivity contribution < 1.29 is 22.7 Å². The van der Waals surface area contributed by atoms with Gasteiger partial charge in [-0.25, -0.2) is 13.1 Å². The Morgan fingerprint density at radius 1 is 0.830 bits per heavy atom. The highest BCUT2D eigenvalue weighted by Gasteiger charge is 2.60. The number of ether oxygens (including phenoxy) is 1. The smallest absolute Gasteiger partial charge is 0.318 e. The summed E-state index contributed by atoms with van der Waals surface area (Å²) >= 11 is 0. The third-order valence-electron chi connectivity index (χ3n) is 9.72. The number of sulfonamides is 1. The monoisotopic (exact) mass is 648 g/mol. The highest BCUT2D eigenvalue weighted by atomic mass is 32.2. The Balaban J connectivity index is 1.50. The van der Waals surface area contributed by atoms with E-state index in [1.165, 1.54) is 24.3 Å². The maximum atomic E-state index is 14.8. The van der Waals surface area contributed by atoms with Crippen molar-refractivity contribution in [2.45, 2.75) is 69.4 Å². The highest BCUT2D eigenvalue weighted by Crippen LogP contribution is 2.51. The van der Waals surface area contributed by atoms with E-state index in [2.05, 4.69) is 25.5 Å². The van der Waals surface area contributed by atoms with Gasteiger partial charge in [0.25, 0.3) is 0 Å². The van der Waals surface area contributed by atoms with Crippen LogP contribution in [-0.2, 0) is 43.7 Å². The summed E-state index contributed by atoms with van der Waals surface area (Å²) in [6.07, 6.45) is 1.96. The molecule has 1 heterocycles. The summed E-state index contributed by atoms with van der Waals surface area (Å²) in [6, 6.07) is 34.5. The third kappa shape index (κ3) is 7.22. The minimum Gasteiger partial charge on any atom is -0.450 e. The van der Waals surface area contributed by atoms with Gasteiger partial charge in [-0.2, -0.15) is 5.26 Å². The van der Waals surface area contributed by atoms with Crippen molar-refractivity contribution in [2.24, 2.45) is 11.3 Å². The number of nitriles is 1. The summed E-state index contributed by atoms with van der Waals surface area (Å²) in [6.45, 7) is 6.25. The molecule has 8 heteroatoms. The number of Topliss-reactive ketones (excluding diaryl/α,β-unsaturated/α-hetero) is 1. The Morgan fingerprint density at radius 2 is 1.38 bits per heavy atom. The van der Waals surface area contributed by atoms with Crippen LogP contribution in [0.1, 0.15) is 67.3 Å². The van der Waals surface area contributed by atoms with E-state index < -0.39 is 38.8 Å². The summed E-state index contributed by atoms with van der Waals surface area (Å²) in [7, 11) is -3.85. The molecule has 0 aliphatic carbocycles. The number of cyclic esters (lactones) is 1. The molecule has 4 aromatic rings. The van der Waals surface area contributed by atoms with E-state index >= 15 is 0 Å². The Kier molecular flexibility index (Phi) is 10.1. The Morgan fingerprint density at radius 3 is 1.91 bits per heavy atom. The molecular weight excluding hydrogens is 609 g/mol. The van der Waals surface area contributed by atoms with Gasteiger partial charge in [-0.15, -0.1) is 0 Å². The van der Waals surface area contributed by atoms with Crippen LogP contribution in [0.3, 0.4) is 0 Å². The van der Waals surface area contributed by atoms with Gasteiger partial charge in [0.15, 0.2) is 11.4 Å². The van der Waals surface area contributed by atoms with Gasteiger partial charge in [-0.3, -0.25) is 9.59 Å². The standard InChI is InChI=1S/C39H40N2O5S/c1-4-38(3,5-2)35(32-18-12-17-31(23-32)27-41-47(44,45)33-21-19-30(26-40)20-22-33)34-36(42)39(46-37(34)43,24-28-13-8-6-9-14-28)25-29-15-10-7-11-16-29/h6-23,34-35,41H,4-5,24-25,27H2,1-3H3. The minimum absolute atomic E-state index is 0.00682. The molecule has 1 saturated heterocycles. The van der Waals surface area contributed by atoms with E-state index in [0.29, 0.717) is 24.0 Å². The summed E-state index contributed by atoms with van der Waals surface area (Å²) in [5, 5.41) is 9.05. The molecule has 2 atom stereocenters. The SMILES string of the molecule is CCC(C)(CC)C(c1cccc(CNS(=O)(=O)c2ccc(C#N)cc2)c1)C1C(=O)OC(Cc2ccccc2)(Cc2ccccc2)C1=O. The predicted octanol–water partition coefficient (Wildman–Crippen LogP) is 6.91. The Labute approximate surface area is 277 Å². The van der Waals surface area contributed by atoms with Crippen LogP contribution in [0.2, 0.25) is 0 Å². The third-order valence-corrected chi connectivity index (χ3v) is 11.1. The summed E-state index contributed by atoms with van der Waals surface area (Å²) in [5.74, 6) is -2.27. The summed E-state index contributed by atoms with van der Waals surface area (Å²) in [5.41, 5.74) is 1.87. The molecule has 1 aliphatic heterocycles. The molecule has 7 nitrogen and oxygen atoms in total. The lowest BCUT2D eigenvalue weighted by Crippen LogP contribution is -2.44. The second-order valence-corrected chi connectivity index (χ2v) is 14.4. The molecule has 0 radical (unpaired) electrons. The topological polar surface area (TPSA) is 113 Å². The number of nitrogens with zero attached hydrogens (tertiary/aromatic N) is 1. The molecular formula is C39H40N2O5S. The van der Waals surface area contributed by atoms with Crippen LogP contribution >= 0.6 is 0 Å². The van der Waals surface area contributed by atoms with E-state index in [0.717, 1.165) is 16.7 Å².